The molecule has 1 heterocycles. The van der Waals surface area contributed by atoms with Gasteiger partial charge in [-0.05, 0) is 54.8 Å². The zero-order valence-electron chi connectivity index (χ0n) is 11.5. The standard InChI is InChI=1S/C14H17FIN3O2/c15-11-6-13(14(19(20)21)7-12(11)16)18(10-3-4-10)8-9-2-1-5-17-9/h6-7,9-10,17H,1-5,8H2. The molecule has 1 atom stereocenters. The van der Waals surface area contributed by atoms with Crippen LogP contribution in [0.5, 0.6) is 0 Å². The molecule has 1 unspecified atom stereocenters. The van der Waals surface area contributed by atoms with E-state index in [1.54, 1.807) is 22.6 Å². The second-order valence-electron chi connectivity index (χ2n) is 5.69. The Hall–Kier alpha value is -0.960. The van der Waals surface area contributed by atoms with E-state index in [0.717, 1.165) is 32.2 Å². The lowest BCUT2D eigenvalue weighted by Gasteiger charge is -2.27. The molecule has 1 aliphatic heterocycles. The van der Waals surface area contributed by atoms with Gasteiger partial charge in [0.1, 0.15) is 11.5 Å². The van der Waals surface area contributed by atoms with Gasteiger partial charge in [0.25, 0.3) is 5.69 Å². The third-order valence-electron chi connectivity index (χ3n) is 4.09. The molecule has 0 spiro atoms. The third kappa shape index (κ3) is 3.28. The second kappa shape index (κ2) is 6.04. The molecule has 1 aromatic carbocycles. The minimum atomic E-state index is -0.408. The van der Waals surface area contributed by atoms with Crippen LogP contribution in [-0.2, 0) is 0 Å². The Morgan fingerprint density at radius 3 is 2.76 bits per heavy atom. The van der Waals surface area contributed by atoms with Crippen molar-refractivity contribution in [3.63, 3.8) is 0 Å². The van der Waals surface area contributed by atoms with Gasteiger partial charge >= 0.3 is 0 Å². The van der Waals surface area contributed by atoms with E-state index in [4.69, 9.17) is 0 Å². The van der Waals surface area contributed by atoms with Crippen LogP contribution in [-0.4, -0.2) is 30.1 Å². The first-order valence-corrected chi connectivity index (χ1v) is 8.27. The minimum absolute atomic E-state index is 0.00527. The average molecular weight is 405 g/mol. The number of rotatable bonds is 5. The number of hydrogen-bond donors (Lipinski definition) is 1. The summed E-state index contributed by atoms with van der Waals surface area (Å²) in [6.07, 6.45) is 4.26. The van der Waals surface area contributed by atoms with Gasteiger partial charge < -0.3 is 10.2 Å². The number of nitro groups is 1. The maximum absolute atomic E-state index is 13.9. The van der Waals surface area contributed by atoms with Gasteiger partial charge in [-0.3, -0.25) is 10.1 Å². The molecule has 0 bridgehead atoms. The molecule has 21 heavy (non-hydrogen) atoms. The van der Waals surface area contributed by atoms with Gasteiger partial charge in [-0.2, -0.15) is 0 Å². The summed E-state index contributed by atoms with van der Waals surface area (Å²) in [4.78, 5) is 12.9. The van der Waals surface area contributed by atoms with E-state index in [1.165, 1.54) is 12.1 Å². The molecule has 1 saturated carbocycles. The number of nitrogens with one attached hydrogen (secondary N) is 1. The number of benzene rings is 1. The molecule has 0 aromatic heterocycles. The predicted molar refractivity (Wildman–Crippen MR) is 87.2 cm³/mol. The van der Waals surface area contributed by atoms with Crippen LogP contribution >= 0.6 is 22.6 Å². The van der Waals surface area contributed by atoms with Crippen molar-refractivity contribution in [3.05, 3.63) is 31.6 Å². The van der Waals surface area contributed by atoms with E-state index >= 15 is 0 Å². The summed E-state index contributed by atoms with van der Waals surface area (Å²) in [5.74, 6) is -0.388. The van der Waals surface area contributed by atoms with Crippen molar-refractivity contribution in [2.45, 2.75) is 37.8 Å². The predicted octanol–water partition coefficient (Wildman–Crippen LogP) is 3.06. The molecule has 3 rings (SSSR count). The van der Waals surface area contributed by atoms with E-state index < -0.39 is 4.92 Å². The molecular formula is C14H17FIN3O2. The Morgan fingerprint density at radius 2 is 2.19 bits per heavy atom. The monoisotopic (exact) mass is 405 g/mol. The molecule has 2 fully saturated rings. The van der Waals surface area contributed by atoms with Crippen molar-refractivity contribution in [2.75, 3.05) is 18.0 Å². The average Bonchev–Trinajstić information content (AvgIpc) is 3.15. The molecule has 1 aromatic rings. The summed E-state index contributed by atoms with van der Waals surface area (Å²) < 4.78 is 14.2. The molecule has 5 nitrogen and oxygen atoms in total. The first-order chi connectivity index (χ1) is 10.1. The van der Waals surface area contributed by atoms with Crippen molar-refractivity contribution < 1.29 is 9.31 Å². The molecule has 1 saturated heterocycles. The Bertz CT molecular complexity index is 559. The lowest BCUT2D eigenvalue weighted by Crippen LogP contribution is -2.39. The smallest absolute Gasteiger partial charge is 0.293 e. The summed E-state index contributed by atoms with van der Waals surface area (Å²) in [6.45, 7) is 1.71. The zero-order valence-corrected chi connectivity index (χ0v) is 13.7. The van der Waals surface area contributed by atoms with Crippen LogP contribution < -0.4 is 10.2 Å². The van der Waals surface area contributed by atoms with Crippen LogP contribution in [0.2, 0.25) is 0 Å². The van der Waals surface area contributed by atoms with E-state index in [1.807, 2.05) is 4.90 Å². The van der Waals surface area contributed by atoms with Crippen LogP contribution in [0.15, 0.2) is 12.1 Å². The molecule has 0 radical (unpaired) electrons. The SMILES string of the molecule is O=[N+]([O-])c1cc(I)c(F)cc1N(CC1CCCN1)C1CC1. The zero-order chi connectivity index (χ0) is 15.0. The highest BCUT2D eigenvalue weighted by molar-refractivity contribution is 14.1. The molecule has 0 amide bonds. The fourth-order valence-corrected chi connectivity index (χ4v) is 3.33. The van der Waals surface area contributed by atoms with Crippen LogP contribution in [0.3, 0.4) is 0 Å². The Morgan fingerprint density at radius 1 is 1.43 bits per heavy atom. The number of halogens is 2. The van der Waals surface area contributed by atoms with Gasteiger partial charge in [0, 0.05) is 30.8 Å². The van der Waals surface area contributed by atoms with Crippen molar-refractivity contribution >= 4 is 34.0 Å². The van der Waals surface area contributed by atoms with Crippen molar-refractivity contribution in [2.24, 2.45) is 0 Å². The number of hydrogen-bond acceptors (Lipinski definition) is 4. The first-order valence-electron chi connectivity index (χ1n) is 7.19. The Labute approximate surface area is 136 Å². The quantitative estimate of drug-likeness (QED) is 0.465. The van der Waals surface area contributed by atoms with E-state index in [-0.39, 0.29) is 15.1 Å². The third-order valence-corrected chi connectivity index (χ3v) is 4.92. The van der Waals surface area contributed by atoms with Crippen LogP contribution in [0.4, 0.5) is 15.8 Å². The molecule has 114 valence electrons. The number of nitro benzene ring substituents is 1. The topological polar surface area (TPSA) is 58.4 Å². The molecule has 1 aliphatic carbocycles. The van der Waals surface area contributed by atoms with Gasteiger partial charge in [0.05, 0.1) is 8.49 Å². The maximum Gasteiger partial charge on any atom is 0.293 e. The lowest BCUT2D eigenvalue weighted by molar-refractivity contribution is -0.384. The molecule has 1 N–H and O–H groups in total. The highest BCUT2D eigenvalue weighted by Crippen LogP contribution is 2.39. The minimum Gasteiger partial charge on any atom is -0.361 e. The van der Waals surface area contributed by atoms with E-state index in [9.17, 15) is 14.5 Å². The fourth-order valence-electron chi connectivity index (χ4n) is 2.88. The van der Waals surface area contributed by atoms with Crippen molar-refractivity contribution in [1.82, 2.24) is 5.32 Å². The van der Waals surface area contributed by atoms with E-state index in [2.05, 4.69) is 5.32 Å². The van der Waals surface area contributed by atoms with Gasteiger partial charge in [-0.25, -0.2) is 4.39 Å². The lowest BCUT2D eigenvalue weighted by atomic mass is 10.1. The second-order valence-corrected chi connectivity index (χ2v) is 6.85. The van der Waals surface area contributed by atoms with Crippen molar-refractivity contribution in [3.8, 4) is 0 Å². The highest BCUT2D eigenvalue weighted by Gasteiger charge is 2.35. The number of nitrogens with zero attached hydrogens (tertiary/aromatic N) is 2. The summed E-state index contributed by atoms with van der Waals surface area (Å²) in [5.41, 5.74) is 0.430. The number of anilines is 1. The van der Waals surface area contributed by atoms with Gasteiger partial charge in [0.15, 0.2) is 0 Å². The van der Waals surface area contributed by atoms with Gasteiger partial charge in [-0.15, -0.1) is 0 Å². The fraction of sp³-hybridized carbons (Fsp3) is 0.571. The van der Waals surface area contributed by atoms with Crippen LogP contribution in [0.1, 0.15) is 25.7 Å². The van der Waals surface area contributed by atoms with E-state index in [0.29, 0.717) is 24.3 Å². The Balaban J connectivity index is 1.94. The summed E-state index contributed by atoms with van der Waals surface area (Å²) >= 11 is 1.80. The van der Waals surface area contributed by atoms with Crippen molar-refractivity contribution in [1.29, 1.82) is 0 Å². The molecular weight excluding hydrogens is 388 g/mol. The molecule has 7 heteroatoms. The van der Waals surface area contributed by atoms with Gasteiger partial charge in [0.2, 0.25) is 0 Å². The molecule has 2 aliphatic rings. The summed E-state index contributed by atoms with van der Waals surface area (Å²) in [5, 5.41) is 14.7. The Kier molecular flexibility index (Phi) is 4.30. The summed E-state index contributed by atoms with van der Waals surface area (Å²) in [7, 11) is 0. The highest BCUT2D eigenvalue weighted by atomic mass is 127. The summed E-state index contributed by atoms with van der Waals surface area (Å²) in [6, 6.07) is 3.31. The first kappa shape index (κ1) is 15.0. The van der Waals surface area contributed by atoms with Crippen LogP contribution in [0, 0.1) is 19.5 Å². The largest absolute Gasteiger partial charge is 0.361 e. The van der Waals surface area contributed by atoms with Crippen LogP contribution in [0.25, 0.3) is 0 Å². The normalized spacial score (nSPS) is 21.5. The van der Waals surface area contributed by atoms with Gasteiger partial charge in [-0.1, -0.05) is 0 Å². The maximum atomic E-state index is 13.9.